The van der Waals surface area contributed by atoms with Crippen LogP contribution in [0.2, 0.25) is 0 Å². The Kier molecular flexibility index (Phi) is 6.78. The average Bonchev–Trinajstić information content (AvgIpc) is 2.65. The molecule has 4 nitrogen and oxygen atoms in total. The molecule has 1 unspecified atom stereocenters. The first-order chi connectivity index (χ1) is 12.5. The second-order valence-corrected chi connectivity index (χ2v) is 6.02. The van der Waals surface area contributed by atoms with Crippen molar-refractivity contribution < 1.29 is 13.9 Å². The van der Waals surface area contributed by atoms with Gasteiger partial charge < -0.3 is 4.74 Å². The molecule has 136 valence electrons. The van der Waals surface area contributed by atoms with Gasteiger partial charge in [0.25, 0.3) is 0 Å². The van der Waals surface area contributed by atoms with Gasteiger partial charge in [0, 0.05) is 7.05 Å². The highest BCUT2D eigenvalue weighted by Crippen LogP contribution is 2.27. The fraction of sp³-hybridized carbons (Fsp3) is 0.286. The van der Waals surface area contributed by atoms with Crippen LogP contribution in [0.15, 0.2) is 53.5 Å². The van der Waals surface area contributed by atoms with Crippen molar-refractivity contribution in [1.29, 1.82) is 0 Å². The molecule has 0 radical (unpaired) electrons. The van der Waals surface area contributed by atoms with Crippen LogP contribution in [0.25, 0.3) is 5.57 Å². The van der Waals surface area contributed by atoms with Gasteiger partial charge in [-0.05, 0) is 42.2 Å². The number of aryl methyl sites for hydroxylation is 1. The molecule has 5 heteroatoms. The summed E-state index contributed by atoms with van der Waals surface area (Å²) in [7, 11) is 3.05. The van der Waals surface area contributed by atoms with Crippen molar-refractivity contribution in [3.05, 3.63) is 71.3 Å². The molecule has 0 aliphatic heterocycles. The maximum atomic E-state index is 13.5. The lowest BCUT2D eigenvalue weighted by Gasteiger charge is -2.16. The van der Waals surface area contributed by atoms with E-state index >= 15 is 0 Å². The number of ether oxygens (including phenoxy) is 1. The van der Waals surface area contributed by atoms with E-state index in [2.05, 4.69) is 9.98 Å². The van der Waals surface area contributed by atoms with Gasteiger partial charge in [-0.3, -0.25) is 9.79 Å². The zero-order chi connectivity index (χ0) is 19.1. The van der Waals surface area contributed by atoms with E-state index in [1.54, 1.807) is 20.0 Å². The summed E-state index contributed by atoms with van der Waals surface area (Å²) >= 11 is 0. The van der Waals surface area contributed by atoms with Gasteiger partial charge in [0.05, 0.1) is 30.6 Å². The standard InChI is InChI=1S/C21H23FN2O2/c1-14(12-21(25)26-4)17(16-8-6-5-7-9-16)13-20(23-3)19-11-10-18(22)15(2)24-19/h5-11,13-14H,12H2,1-4H3. The minimum atomic E-state index is -0.351. The van der Waals surface area contributed by atoms with Crippen LogP contribution in [0.4, 0.5) is 4.39 Å². The van der Waals surface area contributed by atoms with Gasteiger partial charge in [-0.2, -0.15) is 0 Å². The molecule has 0 amide bonds. The number of allylic oxidation sites excluding steroid dienone is 2. The second kappa shape index (κ2) is 9.04. The van der Waals surface area contributed by atoms with Crippen molar-refractivity contribution in [1.82, 2.24) is 4.98 Å². The molecule has 0 aliphatic rings. The van der Waals surface area contributed by atoms with Crippen molar-refractivity contribution >= 4 is 17.3 Å². The third-order valence-electron chi connectivity index (χ3n) is 4.16. The molecule has 0 bridgehead atoms. The number of halogens is 1. The van der Waals surface area contributed by atoms with Crippen LogP contribution in [0.3, 0.4) is 0 Å². The van der Waals surface area contributed by atoms with Crippen LogP contribution in [0, 0.1) is 18.7 Å². The normalized spacial score (nSPS) is 13.4. The van der Waals surface area contributed by atoms with Gasteiger partial charge in [0.1, 0.15) is 5.82 Å². The Hall–Kier alpha value is -2.82. The summed E-state index contributed by atoms with van der Waals surface area (Å²) in [6.07, 6.45) is 2.16. The summed E-state index contributed by atoms with van der Waals surface area (Å²) in [5.41, 5.74) is 3.47. The van der Waals surface area contributed by atoms with E-state index in [1.807, 2.05) is 43.3 Å². The van der Waals surface area contributed by atoms with Gasteiger partial charge in [-0.15, -0.1) is 0 Å². The smallest absolute Gasteiger partial charge is 0.306 e. The summed E-state index contributed by atoms with van der Waals surface area (Å²) in [6, 6.07) is 12.8. The molecule has 0 saturated heterocycles. The Morgan fingerprint density at radius 2 is 1.96 bits per heavy atom. The minimum Gasteiger partial charge on any atom is -0.469 e. The summed E-state index contributed by atoms with van der Waals surface area (Å²) < 4.78 is 18.3. The highest BCUT2D eigenvalue weighted by Gasteiger charge is 2.17. The third kappa shape index (κ3) is 4.85. The van der Waals surface area contributed by atoms with Gasteiger partial charge in [0.15, 0.2) is 0 Å². The summed E-state index contributed by atoms with van der Waals surface area (Å²) in [5.74, 6) is -0.705. The lowest BCUT2D eigenvalue weighted by atomic mass is 9.90. The van der Waals surface area contributed by atoms with E-state index < -0.39 is 0 Å². The number of methoxy groups -OCH3 is 1. The number of benzene rings is 1. The topological polar surface area (TPSA) is 51.5 Å². The van der Waals surface area contributed by atoms with E-state index in [-0.39, 0.29) is 24.1 Å². The molecule has 26 heavy (non-hydrogen) atoms. The summed E-state index contributed by atoms with van der Waals surface area (Å²) in [4.78, 5) is 20.3. The first-order valence-electron chi connectivity index (χ1n) is 8.40. The Bertz CT molecular complexity index is 829. The molecule has 0 fully saturated rings. The number of rotatable bonds is 6. The number of aliphatic imine (C=N–C) groups is 1. The Morgan fingerprint density at radius 3 is 2.54 bits per heavy atom. The summed E-state index contributed by atoms with van der Waals surface area (Å²) in [5, 5.41) is 0. The molecule has 1 aromatic carbocycles. The average molecular weight is 354 g/mol. The number of carbonyl (C=O) groups excluding carboxylic acids is 1. The van der Waals surface area contributed by atoms with E-state index in [0.29, 0.717) is 17.1 Å². The molecule has 0 saturated carbocycles. The third-order valence-corrected chi connectivity index (χ3v) is 4.16. The molecule has 2 rings (SSSR count). The maximum Gasteiger partial charge on any atom is 0.306 e. The fourth-order valence-corrected chi connectivity index (χ4v) is 2.67. The molecule has 0 spiro atoms. The van der Waals surface area contributed by atoms with E-state index in [1.165, 1.54) is 13.2 Å². The quantitative estimate of drug-likeness (QED) is 0.576. The van der Waals surface area contributed by atoms with Gasteiger partial charge >= 0.3 is 5.97 Å². The molecule has 1 atom stereocenters. The SMILES string of the molecule is CN=C(C=C(c1ccccc1)C(C)CC(=O)OC)c1ccc(F)c(C)n1. The first-order valence-corrected chi connectivity index (χ1v) is 8.40. The minimum absolute atomic E-state index is 0.0804. The number of carbonyl (C=O) groups is 1. The molecule has 1 heterocycles. The van der Waals surface area contributed by atoms with Crippen molar-refractivity contribution in [3.8, 4) is 0 Å². The molecule has 2 aromatic rings. The van der Waals surface area contributed by atoms with E-state index in [4.69, 9.17) is 4.74 Å². The van der Waals surface area contributed by atoms with Gasteiger partial charge in [0.2, 0.25) is 0 Å². The Morgan fingerprint density at radius 1 is 1.27 bits per heavy atom. The lowest BCUT2D eigenvalue weighted by molar-refractivity contribution is -0.141. The summed E-state index contributed by atoms with van der Waals surface area (Å²) in [6.45, 7) is 3.58. The monoisotopic (exact) mass is 354 g/mol. The molecular formula is C21H23FN2O2. The van der Waals surface area contributed by atoms with Crippen LogP contribution < -0.4 is 0 Å². The van der Waals surface area contributed by atoms with Crippen LogP contribution in [-0.4, -0.2) is 30.8 Å². The number of esters is 1. The van der Waals surface area contributed by atoms with E-state index in [9.17, 15) is 9.18 Å². The van der Waals surface area contributed by atoms with Crippen LogP contribution in [-0.2, 0) is 9.53 Å². The molecular weight excluding hydrogens is 331 g/mol. The zero-order valence-corrected chi connectivity index (χ0v) is 15.5. The van der Waals surface area contributed by atoms with Crippen LogP contribution >= 0.6 is 0 Å². The number of pyridine rings is 1. The molecule has 0 aliphatic carbocycles. The largest absolute Gasteiger partial charge is 0.469 e. The second-order valence-electron chi connectivity index (χ2n) is 6.02. The van der Waals surface area contributed by atoms with Gasteiger partial charge in [-0.25, -0.2) is 9.37 Å². The Labute approximate surface area is 153 Å². The van der Waals surface area contributed by atoms with E-state index in [0.717, 1.165) is 11.1 Å². The van der Waals surface area contributed by atoms with Gasteiger partial charge in [-0.1, -0.05) is 37.3 Å². The fourth-order valence-electron chi connectivity index (χ4n) is 2.67. The molecule has 0 N–H and O–H groups in total. The maximum absolute atomic E-state index is 13.5. The predicted molar refractivity (Wildman–Crippen MR) is 102 cm³/mol. The first kappa shape index (κ1) is 19.5. The zero-order valence-electron chi connectivity index (χ0n) is 15.5. The van der Waals surface area contributed by atoms with Crippen LogP contribution in [0.1, 0.15) is 30.3 Å². The van der Waals surface area contributed by atoms with Crippen molar-refractivity contribution in [2.24, 2.45) is 10.9 Å². The molecule has 1 aromatic heterocycles. The van der Waals surface area contributed by atoms with Crippen molar-refractivity contribution in [3.63, 3.8) is 0 Å². The van der Waals surface area contributed by atoms with Crippen molar-refractivity contribution in [2.45, 2.75) is 20.3 Å². The lowest BCUT2D eigenvalue weighted by Crippen LogP contribution is -2.11. The number of hydrogen-bond donors (Lipinski definition) is 0. The number of hydrogen-bond acceptors (Lipinski definition) is 4. The van der Waals surface area contributed by atoms with Crippen LogP contribution in [0.5, 0.6) is 0 Å². The highest BCUT2D eigenvalue weighted by molar-refractivity contribution is 6.11. The van der Waals surface area contributed by atoms with Crippen molar-refractivity contribution in [2.75, 3.05) is 14.2 Å². The Balaban J connectivity index is 2.48. The number of nitrogens with zero attached hydrogens (tertiary/aromatic N) is 2. The number of aromatic nitrogens is 1. The predicted octanol–water partition coefficient (Wildman–Crippen LogP) is 4.23. The highest BCUT2D eigenvalue weighted by atomic mass is 19.1.